The highest BCUT2D eigenvalue weighted by Crippen LogP contribution is 2.38. The van der Waals surface area contributed by atoms with Crippen molar-refractivity contribution in [1.82, 2.24) is 4.98 Å². The number of piperidine rings is 1. The van der Waals surface area contributed by atoms with E-state index < -0.39 is 22.4 Å². The molecule has 0 aliphatic carbocycles. The van der Waals surface area contributed by atoms with Gasteiger partial charge < -0.3 is 19.7 Å². The van der Waals surface area contributed by atoms with Crippen LogP contribution < -0.4 is 15.0 Å². The van der Waals surface area contributed by atoms with Crippen molar-refractivity contribution in [1.29, 1.82) is 0 Å². The van der Waals surface area contributed by atoms with E-state index in [0.717, 1.165) is 12.1 Å². The molecule has 2 aromatic rings. The molecule has 0 saturated carbocycles. The molecule has 33 heavy (non-hydrogen) atoms. The molecule has 0 bridgehead atoms. The molecule has 1 amide bonds. The fourth-order valence-corrected chi connectivity index (χ4v) is 3.55. The van der Waals surface area contributed by atoms with E-state index in [9.17, 15) is 28.1 Å². The second-order valence-corrected chi connectivity index (χ2v) is 7.41. The highest BCUT2D eigenvalue weighted by Gasteiger charge is 2.35. The van der Waals surface area contributed by atoms with Crippen molar-refractivity contribution in [3.8, 4) is 5.88 Å². The maximum Gasteiger partial charge on any atom is 0.416 e. The van der Waals surface area contributed by atoms with Crippen molar-refractivity contribution in [3.63, 3.8) is 0 Å². The standard InChI is InChI=1S/C21H23F3N4O5/c1-32-11-12-33-20-16(3-2-8-25-20)26-19(29)14-6-9-27(10-7-14)17-5-4-15(21(22,23)24)13-18(17)28(30)31/h2-5,8,13-14H,6-7,9-12H2,1H3,(H,26,29). The Morgan fingerprint density at radius 2 is 2.00 bits per heavy atom. The normalized spacial score (nSPS) is 14.7. The summed E-state index contributed by atoms with van der Waals surface area (Å²) in [5.41, 5.74) is -1.17. The molecule has 178 valence electrons. The van der Waals surface area contributed by atoms with Crippen LogP contribution in [0, 0.1) is 16.0 Å². The van der Waals surface area contributed by atoms with Gasteiger partial charge in [0.05, 0.1) is 17.1 Å². The lowest BCUT2D eigenvalue weighted by Crippen LogP contribution is -2.38. The van der Waals surface area contributed by atoms with Crippen LogP contribution in [-0.4, -0.2) is 49.2 Å². The number of rotatable bonds is 8. The average molecular weight is 468 g/mol. The van der Waals surface area contributed by atoms with Gasteiger partial charge >= 0.3 is 6.18 Å². The van der Waals surface area contributed by atoms with Crippen LogP contribution in [-0.2, 0) is 15.7 Å². The molecular formula is C21H23F3N4O5. The second kappa shape index (κ2) is 10.5. The molecular weight excluding hydrogens is 445 g/mol. The predicted octanol–water partition coefficient (Wildman–Crippen LogP) is 3.89. The van der Waals surface area contributed by atoms with Crippen LogP contribution in [0.5, 0.6) is 5.88 Å². The maximum atomic E-state index is 12.9. The van der Waals surface area contributed by atoms with E-state index in [1.807, 2.05) is 0 Å². The lowest BCUT2D eigenvalue weighted by Gasteiger charge is -2.32. The molecule has 0 spiro atoms. The quantitative estimate of drug-likeness (QED) is 0.356. The molecule has 1 aliphatic heterocycles. The van der Waals surface area contributed by atoms with Crippen LogP contribution in [0.25, 0.3) is 0 Å². The Bertz CT molecular complexity index is 994. The number of anilines is 2. The van der Waals surface area contributed by atoms with Crippen molar-refractivity contribution in [2.45, 2.75) is 19.0 Å². The number of nitrogens with zero attached hydrogens (tertiary/aromatic N) is 3. The zero-order valence-corrected chi connectivity index (χ0v) is 17.8. The zero-order valence-electron chi connectivity index (χ0n) is 17.8. The van der Waals surface area contributed by atoms with Crippen LogP contribution in [0.3, 0.4) is 0 Å². The Morgan fingerprint density at radius 1 is 1.27 bits per heavy atom. The summed E-state index contributed by atoms with van der Waals surface area (Å²) in [6, 6.07) is 5.80. The van der Waals surface area contributed by atoms with Crippen LogP contribution in [0.4, 0.5) is 30.2 Å². The van der Waals surface area contributed by atoms with Gasteiger partial charge in [0.1, 0.15) is 18.0 Å². The number of hydrogen-bond donors (Lipinski definition) is 1. The third-order valence-corrected chi connectivity index (χ3v) is 5.26. The number of nitro groups is 1. The van der Waals surface area contributed by atoms with E-state index in [1.54, 1.807) is 17.0 Å². The van der Waals surface area contributed by atoms with Crippen molar-refractivity contribution >= 4 is 23.0 Å². The van der Waals surface area contributed by atoms with E-state index in [0.29, 0.717) is 31.2 Å². The smallest absolute Gasteiger partial charge is 0.416 e. The molecule has 1 aromatic carbocycles. The Kier molecular flexibility index (Phi) is 7.69. The molecule has 12 heteroatoms. The summed E-state index contributed by atoms with van der Waals surface area (Å²) in [4.78, 5) is 29.0. The monoisotopic (exact) mass is 468 g/mol. The van der Waals surface area contributed by atoms with E-state index in [2.05, 4.69) is 10.3 Å². The number of carbonyl (C=O) groups is 1. The van der Waals surface area contributed by atoms with Gasteiger partial charge in [0.15, 0.2) is 0 Å². The fourth-order valence-electron chi connectivity index (χ4n) is 3.55. The molecule has 2 heterocycles. The Hall–Kier alpha value is -3.41. The van der Waals surface area contributed by atoms with Gasteiger partial charge in [-0.15, -0.1) is 0 Å². The minimum atomic E-state index is -4.67. The SMILES string of the molecule is COCCOc1ncccc1NC(=O)C1CCN(c2ccc(C(F)(F)F)cc2[N+](=O)[O-])CC1. The van der Waals surface area contributed by atoms with Crippen LogP contribution in [0.1, 0.15) is 18.4 Å². The first-order valence-electron chi connectivity index (χ1n) is 10.2. The van der Waals surface area contributed by atoms with E-state index >= 15 is 0 Å². The number of pyridine rings is 1. The van der Waals surface area contributed by atoms with Crippen LogP contribution in [0.15, 0.2) is 36.5 Å². The Balaban J connectivity index is 1.65. The van der Waals surface area contributed by atoms with Gasteiger partial charge in [0.2, 0.25) is 11.8 Å². The highest BCUT2D eigenvalue weighted by molar-refractivity contribution is 5.93. The number of ether oxygens (including phenoxy) is 2. The summed E-state index contributed by atoms with van der Waals surface area (Å²) in [6.45, 7) is 1.20. The lowest BCUT2D eigenvalue weighted by atomic mass is 9.95. The molecule has 0 unspecified atom stereocenters. The summed E-state index contributed by atoms with van der Waals surface area (Å²) in [6.07, 6.45) is -2.38. The molecule has 0 atom stereocenters. The predicted molar refractivity (Wildman–Crippen MR) is 113 cm³/mol. The number of carbonyl (C=O) groups excluding carboxylic acids is 1. The van der Waals surface area contributed by atoms with E-state index in [-0.39, 0.29) is 43.1 Å². The summed E-state index contributed by atoms with van der Waals surface area (Å²) in [7, 11) is 1.54. The third-order valence-electron chi connectivity index (χ3n) is 5.26. The van der Waals surface area contributed by atoms with Gasteiger partial charge in [0.25, 0.3) is 5.69 Å². The third kappa shape index (κ3) is 6.09. The summed E-state index contributed by atoms with van der Waals surface area (Å²) in [5.74, 6) is -0.358. The van der Waals surface area contributed by atoms with E-state index in [4.69, 9.17) is 9.47 Å². The molecule has 1 aliphatic rings. The zero-order chi connectivity index (χ0) is 24.0. The largest absolute Gasteiger partial charge is 0.474 e. The number of halogens is 3. The maximum absolute atomic E-state index is 12.9. The van der Waals surface area contributed by atoms with E-state index in [1.165, 1.54) is 13.3 Å². The Labute approximate surface area is 187 Å². The number of nitrogens with one attached hydrogen (secondary N) is 1. The first-order chi connectivity index (χ1) is 15.7. The topological polar surface area (TPSA) is 107 Å². The lowest BCUT2D eigenvalue weighted by molar-refractivity contribution is -0.384. The minimum absolute atomic E-state index is 0.105. The average Bonchev–Trinajstić information content (AvgIpc) is 2.79. The number of benzene rings is 1. The fraction of sp³-hybridized carbons (Fsp3) is 0.429. The molecule has 1 fully saturated rings. The minimum Gasteiger partial charge on any atom is -0.474 e. The summed E-state index contributed by atoms with van der Waals surface area (Å²) >= 11 is 0. The van der Waals surface area contributed by atoms with Gasteiger partial charge in [-0.1, -0.05) is 0 Å². The van der Waals surface area contributed by atoms with Crippen molar-refractivity contribution in [3.05, 3.63) is 52.2 Å². The number of methoxy groups -OCH3 is 1. The van der Waals surface area contributed by atoms with Gasteiger partial charge in [-0.3, -0.25) is 14.9 Å². The number of aromatic nitrogens is 1. The molecule has 1 N–H and O–H groups in total. The molecule has 1 saturated heterocycles. The number of alkyl halides is 3. The summed E-state index contributed by atoms with van der Waals surface area (Å²) in [5, 5.41) is 14.2. The molecule has 3 rings (SSSR count). The number of hydrogen-bond acceptors (Lipinski definition) is 7. The first kappa shape index (κ1) is 24.2. The second-order valence-electron chi connectivity index (χ2n) is 7.41. The van der Waals surface area contributed by atoms with Gasteiger partial charge in [-0.2, -0.15) is 13.2 Å². The van der Waals surface area contributed by atoms with Crippen molar-refractivity contribution < 1.29 is 32.4 Å². The number of nitro benzene ring substituents is 1. The number of amides is 1. The van der Waals surface area contributed by atoms with Crippen LogP contribution >= 0.6 is 0 Å². The van der Waals surface area contributed by atoms with Crippen molar-refractivity contribution in [2.24, 2.45) is 5.92 Å². The Morgan fingerprint density at radius 3 is 2.64 bits per heavy atom. The highest BCUT2D eigenvalue weighted by atomic mass is 19.4. The van der Waals surface area contributed by atoms with Crippen LogP contribution in [0.2, 0.25) is 0 Å². The molecule has 9 nitrogen and oxygen atoms in total. The van der Waals surface area contributed by atoms with Gasteiger partial charge in [-0.25, -0.2) is 4.98 Å². The van der Waals surface area contributed by atoms with Gasteiger partial charge in [-0.05, 0) is 37.1 Å². The summed E-state index contributed by atoms with van der Waals surface area (Å²) < 4.78 is 49.3. The van der Waals surface area contributed by atoms with Gasteiger partial charge in [0, 0.05) is 38.4 Å². The first-order valence-corrected chi connectivity index (χ1v) is 10.2. The molecule has 0 radical (unpaired) electrons. The molecule has 1 aromatic heterocycles. The van der Waals surface area contributed by atoms with Crippen molar-refractivity contribution in [2.75, 3.05) is 43.6 Å².